The van der Waals surface area contributed by atoms with Crippen LogP contribution in [0.25, 0.3) is 0 Å². The van der Waals surface area contributed by atoms with Crippen LogP contribution in [0.2, 0.25) is 0 Å². The Labute approximate surface area is 123 Å². The normalized spacial score (nSPS) is 10.6. The van der Waals surface area contributed by atoms with E-state index < -0.39 is 11.6 Å². The largest absolute Gasteiger partial charge is 0.494 e. The van der Waals surface area contributed by atoms with Gasteiger partial charge in [-0.25, -0.2) is 4.39 Å². The lowest BCUT2D eigenvalue weighted by molar-refractivity contribution is -0.116. The molecule has 0 aromatic heterocycles. The second kappa shape index (κ2) is 6.88. The number of methoxy groups -OCH3 is 1. The predicted molar refractivity (Wildman–Crippen MR) is 79.2 cm³/mol. The molecule has 0 bridgehead atoms. The van der Waals surface area contributed by atoms with E-state index in [1.165, 1.54) is 32.1 Å². The zero-order valence-electron chi connectivity index (χ0n) is 12.8. The Bertz CT molecular complexity index is 583. The van der Waals surface area contributed by atoms with Crippen molar-refractivity contribution in [2.24, 2.45) is 0 Å². The van der Waals surface area contributed by atoms with Crippen molar-refractivity contribution in [1.82, 2.24) is 4.90 Å². The summed E-state index contributed by atoms with van der Waals surface area (Å²) in [5.74, 6) is -1.14. The molecule has 0 saturated carbocycles. The standard InChI is InChI=1S/C15H19FN2O3/c1-10(19)18(4)13-9-11(16)8-12(15(13)21-5)14(20)6-7-17(2)3/h6-9H,1-5H3/b7-6+. The smallest absolute Gasteiger partial charge is 0.223 e. The molecular formula is C15H19FN2O3. The summed E-state index contributed by atoms with van der Waals surface area (Å²) in [4.78, 5) is 26.5. The number of carbonyl (C=O) groups excluding carboxylic acids is 2. The Hall–Kier alpha value is -2.37. The Morgan fingerprint density at radius 3 is 2.33 bits per heavy atom. The van der Waals surface area contributed by atoms with E-state index in [2.05, 4.69) is 0 Å². The molecule has 0 N–H and O–H groups in total. The molecule has 0 aliphatic rings. The Kier molecular flexibility index (Phi) is 5.46. The molecule has 1 rings (SSSR count). The lowest BCUT2D eigenvalue weighted by Gasteiger charge is -2.20. The minimum atomic E-state index is -0.611. The number of halogens is 1. The second-order valence-corrected chi connectivity index (χ2v) is 4.73. The van der Waals surface area contributed by atoms with Crippen molar-refractivity contribution in [3.05, 3.63) is 35.8 Å². The first-order chi connectivity index (χ1) is 9.77. The quantitative estimate of drug-likeness (QED) is 0.616. The number of nitrogens with zero attached hydrogens (tertiary/aromatic N) is 2. The first-order valence-corrected chi connectivity index (χ1v) is 6.28. The molecule has 21 heavy (non-hydrogen) atoms. The molecule has 0 aliphatic heterocycles. The third-order valence-corrected chi connectivity index (χ3v) is 2.86. The van der Waals surface area contributed by atoms with Gasteiger partial charge in [-0.2, -0.15) is 0 Å². The molecule has 1 amide bonds. The van der Waals surface area contributed by atoms with Crippen LogP contribution in [0.5, 0.6) is 5.75 Å². The van der Waals surface area contributed by atoms with Crippen LogP contribution in [0.3, 0.4) is 0 Å². The number of rotatable bonds is 5. The van der Waals surface area contributed by atoms with E-state index in [9.17, 15) is 14.0 Å². The van der Waals surface area contributed by atoms with Gasteiger partial charge in [0.25, 0.3) is 0 Å². The van der Waals surface area contributed by atoms with Gasteiger partial charge in [0.2, 0.25) is 5.91 Å². The first kappa shape index (κ1) is 16.7. The third-order valence-electron chi connectivity index (χ3n) is 2.86. The van der Waals surface area contributed by atoms with Crippen LogP contribution in [0.15, 0.2) is 24.4 Å². The van der Waals surface area contributed by atoms with E-state index in [-0.39, 0.29) is 22.9 Å². The molecule has 1 aromatic rings. The van der Waals surface area contributed by atoms with Gasteiger partial charge >= 0.3 is 0 Å². The van der Waals surface area contributed by atoms with E-state index >= 15 is 0 Å². The topological polar surface area (TPSA) is 49.9 Å². The van der Waals surface area contributed by atoms with Crippen LogP contribution < -0.4 is 9.64 Å². The number of hydrogen-bond acceptors (Lipinski definition) is 4. The maximum absolute atomic E-state index is 13.7. The number of ether oxygens (including phenoxy) is 1. The Morgan fingerprint density at radius 1 is 1.24 bits per heavy atom. The van der Waals surface area contributed by atoms with Gasteiger partial charge in [0, 0.05) is 46.4 Å². The summed E-state index contributed by atoms with van der Waals surface area (Å²) in [5.41, 5.74) is 0.283. The first-order valence-electron chi connectivity index (χ1n) is 6.28. The van der Waals surface area contributed by atoms with Crippen molar-refractivity contribution >= 4 is 17.4 Å². The van der Waals surface area contributed by atoms with Crippen molar-refractivity contribution in [2.45, 2.75) is 6.92 Å². The minimum Gasteiger partial charge on any atom is -0.494 e. The van der Waals surface area contributed by atoms with Gasteiger partial charge in [-0.1, -0.05) is 0 Å². The second-order valence-electron chi connectivity index (χ2n) is 4.73. The molecule has 114 valence electrons. The van der Waals surface area contributed by atoms with Crippen LogP contribution in [-0.4, -0.2) is 44.8 Å². The van der Waals surface area contributed by atoms with Crippen molar-refractivity contribution < 1.29 is 18.7 Å². The molecule has 0 spiro atoms. The zero-order chi connectivity index (χ0) is 16.2. The van der Waals surface area contributed by atoms with E-state index in [1.807, 2.05) is 0 Å². The van der Waals surface area contributed by atoms with Crippen LogP contribution in [0.4, 0.5) is 10.1 Å². The third kappa shape index (κ3) is 4.05. The highest BCUT2D eigenvalue weighted by molar-refractivity contribution is 6.08. The number of carbonyl (C=O) groups is 2. The number of ketones is 1. The lowest BCUT2D eigenvalue weighted by atomic mass is 10.1. The van der Waals surface area contributed by atoms with Crippen molar-refractivity contribution in [3.8, 4) is 5.75 Å². The molecule has 0 heterocycles. The molecule has 0 aliphatic carbocycles. The van der Waals surface area contributed by atoms with E-state index in [0.29, 0.717) is 0 Å². The molecule has 5 nitrogen and oxygen atoms in total. The number of allylic oxidation sites excluding steroid dienone is 1. The van der Waals surface area contributed by atoms with Gasteiger partial charge < -0.3 is 14.5 Å². The average Bonchev–Trinajstić information content (AvgIpc) is 2.42. The molecule has 1 aromatic carbocycles. The Morgan fingerprint density at radius 2 is 1.86 bits per heavy atom. The molecule has 0 radical (unpaired) electrons. The highest BCUT2D eigenvalue weighted by Crippen LogP contribution is 2.33. The van der Waals surface area contributed by atoms with Crippen molar-refractivity contribution in [3.63, 3.8) is 0 Å². The van der Waals surface area contributed by atoms with Crippen LogP contribution in [0.1, 0.15) is 17.3 Å². The minimum absolute atomic E-state index is 0.0682. The summed E-state index contributed by atoms with van der Waals surface area (Å²) in [6, 6.07) is 2.26. The lowest BCUT2D eigenvalue weighted by Crippen LogP contribution is -2.24. The van der Waals surface area contributed by atoms with Gasteiger partial charge in [0.15, 0.2) is 11.5 Å². The van der Waals surface area contributed by atoms with Crippen LogP contribution >= 0.6 is 0 Å². The molecule has 0 unspecified atom stereocenters. The number of benzene rings is 1. The van der Waals surface area contributed by atoms with Crippen LogP contribution in [-0.2, 0) is 4.79 Å². The van der Waals surface area contributed by atoms with Gasteiger partial charge in [0.1, 0.15) is 5.82 Å². The summed E-state index contributed by atoms with van der Waals surface area (Å²) in [6.45, 7) is 1.35. The fraction of sp³-hybridized carbons (Fsp3) is 0.333. The molecule has 0 fully saturated rings. The Balaban J connectivity index is 3.39. The van der Waals surface area contributed by atoms with Crippen molar-refractivity contribution in [2.75, 3.05) is 33.2 Å². The molecule has 0 atom stereocenters. The maximum Gasteiger partial charge on any atom is 0.223 e. The number of anilines is 1. The van der Waals surface area contributed by atoms with Gasteiger partial charge in [-0.15, -0.1) is 0 Å². The molecular weight excluding hydrogens is 275 g/mol. The van der Waals surface area contributed by atoms with Gasteiger partial charge in [-0.3, -0.25) is 9.59 Å². The highest BCUT2D eigenvalue weighted by atomic mass is 19.1. The number of hydrogen-bond donors (Lipinski definition) is 0. The average molecular weight is 294 g/mol. The van der Waals surface area contributed by atoms with E-state index in [1.54, 1.807) is 25.2 Å². The monoisotopic (exact) mass is 294 g/mol. The predicted octanol–water partition coefficient (Wildman–Crippen LogP) is 2.08. The van der Waals surface area contributed by atoms with Gasteiger partial charge in [0.05, 0.1) is 18.4 Å². The molecule has 6 heteroatoms. The van der Waals surface area contributed by atoms with Crippen molar-refractivity contribution in [1.29, 1.82) is 0 Å². The SMILES string of the molecule is COc1c(C(=O)/C=C/N(C)C)cc(F)cc1N(C)C(C)=O. The fourth-order valence-electron chi connectivity index (χ4n) is 1.70. The van der Waals surface area contributed by atoms with Gasteiger partial charge in [-0.05, 0) is 6.07 Å². The summed E-state index contributed by atoms with van der Waals surface area (Å²) in [7, 11) is 6.39. The highest BCUT2D eigenvalue weighted by Gasteiger charge is 2.20. The zero-order valence-corrected chi connectivity index (χ0v) is 12.8. The summed E-state index contributed by atoms with van der Waals surface area (Å²) < 4.78 is 18.9. The number of amides is 1. The maximum atomic E-state index is 13.7. The van der Waals surface area contributed by atoms with E-state index in [0.717, 1.165) is 12.1 Å². The molecule has 0 saturated heterocycles. The van der Waals surface area contributed by atoms with E-state index in [4.69, 9.17) is 4.74 Å². The summed E-state index contributed by atoms with van der Waals surface area (Å²) >= 11 is 0. The summed E-state index contributed by atoms with van der Waals surface area (Å²) in [6.07, 6.45) is 2.87. The summed E-state index contributed by atoms with van der Waals surface area (Å²) in [5, 5.41) is 0. The van der Waals surface area contributed by atoms with Crippen LogP contribution in [0, 0.1) is 5.82 Å². The fourth-order valence-corrected chi connectivity index (χ4v) is 1.70.